The molecule has 0 unspecified atom stereocenters. The van der Waals surface area contributed by atoms with Crippen molar-refractivity contribution in [2.45, 2.75) is 0 Å². The van der Waals surface area contributed by atoms with Crippen molar-refractivity contribution in [2.75, 3.05) is 7.11 Å². The molecule has 13 heavy (non-hydrogen) atoms. The highest BCUT2D eigenvalue weighted by Gasteiger charge is 2.03. The molecular weight excluding hydrogens is 242 g/mol. The molecule has 0 amide bonds. The topological polar surface area (TPSA) is 79.7 Å². The standard InChI is InChI=1S/C6H6BrNO2.CH2O2/c1-10-4-2-3-8-6(7)5(4)9;2-1-3/h2-3,9H,1H3;1H,(H,2,3). The average Bonchev–Trinajstić information content (AvgIpc) is 2.11. The van der Waals surface area contributed by atoms with Gasteiger partial charge in [-0.05, 0) is 15.9 Å². The van der Waals surface area contributed by atoms with Crippen LogP contribution in [0.4, 0.5) is 0 Å². The van der Waals surface area contributed by atoms with Gasteiger partial charge in [0.2, 0.25) is 0 Å². The first kappa shape index (κ1) is 11.7. The number of nitrogens with zero attached hydrogens (tertiary/aromatic N) is 1. The monoisotopic (exact) mass is 249 g/mol. The van der Waals surface area contributed by atoms with E-state index < -0.39 is 0 Å². The van der Waals surface area contributed by atoms with E-state index in [4.69, 9.17) is 19.7 Å². The second kappa shape index (κ2) is 6.24. The van der Waals surface area contributed by atoms with E-state index in [-0.39, 0.29) is 12.2 Å². The molecular formula is C7H8BrNO4. The normalized spacial score (nSPS) is 8.15. The summed E-state index contributed by atoms with van der Waals surface area (Å²) in [5.74, 6) is 0.451. The fourth-order valence-corrected chi connectivity index (χ4v) is 0.890. The number of carbonyl (C=O) groups is 1. The Morgan fingerprint density at radius 2 is 2.23 bits per heavy atom. The van der Waals surface area contributed by atoms with Gasteiger partial charge in [-0.3, -0.25) is 4.79 Å². The highest BCUT2D eigenvalue weighted by molar-refractivity contribution is 9.10. The quantitative estimate of drug-likeness (QED) is 0.579. The lowest BCUT2D eigenvalue weighted by Gasteiger charge is -2.01. The van der Waals surface area contributed by atoms with Crippen molar-refractivity contribution in [1.29, 1.82) is 0 Å². The van der Waals surface area contributed by atoms with Gasteiger partial charge in [-0.2, -0.15) is 0 Å². The zero-order valence-corrected chi connectivity index (χ0v) is 8.35. The van der Waals surface area contributed by atoms with Gasteiger partial charge >= 0.3 is 0 Å². The summed E-state index contributed by atoms with van der Waals surface area (Å²) < 4.78 is 5.20. The third kappa shape index (κ3) is 3.75. The van der Waals surface area contributed by atoms with E-state index in [0.29, 0.717) is 10.4 Å². The van der Waals surface area contributed by atoms with Crippen LogP contribution in [-0.2, 0) is 4.79 Å². The number of rotatable bonds is 1. The van der Waals surface area contributed by atoms with Gasteiger partial charge in [0, 0.05) is 12.3 Å². The zero-order valence-electron chi connectivity index (χ0n) is 6.77. The van der Waals surface area contributed by atoms with Crippen LogP contribution in [0.5, 0.6) is 11.5 Å². The van der Waals surface area contributed by atoms with Gasteiger partial charge in [-0.15, -0.1) is 0 Å². The summed E-state index contributed by atoms with van der Waals surface area (Å²) in [6, 6.07) is 1.58. The third-order valence-electron chi connectivity index (χ3n) is 1.06. The maximum absolute atomic E-state index is 9.16. The predicted molar refractivity (Wildman–Crippen MR) is 48.8 cm³/mol. The van der Waals surface area contributed by atoms with Crippen LogP contribution in [0.2, 0.25) is 0 Å². The van der Waals surface area contributed by atoms with Gasteiger partial charge in [-0.1, -0.05) is 0 Å². The maximum Gasteiger partial charge on any atom is 0.290 e. The molecule has 0 aliphatic carbocycles. The Balaban J connectivity index is 0.000000424. The molecule has 0 atom stereocenters. The number of halogens is 1. The predicted octanol–water partition coefficient (Wildman–Crippen LogP) is 1.26. The first-order chi connectivity index (χ1) is 6.17. The van der Waals surface area contributed by atoms with Gasteiger partial charge in [0.1, 0.15) is 0 Å². The number of aromatic hydroxyl groups is 1. The smallest absolute Gasteiger partial charge is 0.290 e. The largest absolute Gasteiger partial charge is 0.502 e. The molecule has 0 bridgehead atoms. The van der Waals surface area contributed by atoms with Gasteiger partial charge in [-0.25, -0.2) is 4.98 Å². The molecule has 0 aromatic carbocycles. The first-order valence-electron chi connectivity index (χ1n) is 3.12. The summed E-state index contributed by atoms with van der Waals surface area (Å²) in [5, 5.41) is 16.1. The molecule has 0 saturated heterocycles. The summed E-state index contributed by atoms with van der Waals surface area (Å²) in [5.41, 5.74) is 0. The number of ether oxygens (including phenoxy) is 1. The number of hydrogen-bond donors (Lipinski definition) is 2. The van der Waals surface area contributed by atoms with Crippen LogP contribution in [0.15, 0.2) is 16.9 Å². The Labute approximate surface area is 83.1 Å². The van der Waals surface area contributed by atoms with Crippen molar-refractivity contribution < 1.29 is 19.7 Å². The Hall–Kier alpha value is -1.30. The van der Waals surface area contributed by atoms with Crippen molar-refractivity contribution in [1.82, 2.24) is 4.98 Å². The Morgan fingerprint density at radius 1 is 1.69 bits per heavy atom. The Bertz CT molecular complexity index is 279. The van der Waals surface area contributed by atoms with Crippen LogP contribution >= 0.6 is 15.9 Å². The van der Waals surface area contributed by atoms with Gasteiger partial charge < -0.3 is 14.9 Å². The Morgan fingerprint density at radius 3 is 2.62 bits per heavy atom. The molecule has 6 heteroatoms. The first-order valence-corrected chi connectivity index (χ1v) is 3.92. The number of aromatic nitrogens is 1. The zero-order chi connectivity index (χ0) is 10.3. The maximum atomic E-state index is 9.16. The average molecular weight is 250 g/mol. The summed E-state index contributed by atoms with van der Waals surface area (Å²) in [6.07, 6.45) is 1.54. The second-order valence-electron chi connectivity index (χ2n) is 1.76. The van der Waals surface area contributed by atoms with E-state index in [2.05, 4.69) is 20.9 Å². The summed E-state index contributed by atoms with van der Waals surface area (Å²) in [7, 11) is 1.49. The van der Waals surface area contributed by atoms with Crippen molar-refractivity contribution in [3.8, 4) is 11.5 Å². The molecule has 1 aromatic heterocycles. The molecule has 1 rings (SSSR count). The minimum Gasteiger partial charge on any atom is -0.502 e. The molecule has 1 aromatic rings. The van der Waals surface area contributed by atoms with Crippen LogP contribution < -0.4 is 4.74 Å². The fourth-order valence-electron chi connectivity index (χ4n) is 0.577. The van der Waals surface area contributed by atoms with Gasteiger partial charge in [0.15, 0.2) is 16.1 Å². The lowest BCUT2D eigenvalue weighted by Crippen LogP contribution is -1.84. The highest BCUT2D eigenvalue weighted by Crippen LogP contribution is 2.30. The molecule has 0 aliphatic heterocycles. The molecule has 0 aliphatic rings. The van der Waals surface area contributed by atoms with Crippen LogP contribution in [0.25, 0.3) is 0 Å². The molecule has 0 radical (unpaired) electrons. The minimum absolute atomic E-state index is 0.0324. The molecule has 1 heterocycles. The summed E-state index contributed by atoms with van der Waals surface area (Å²) >= 11 is 3.05. The molecule has 72 valence electrons. The number of pyridine rings is 1. The molecule has 0 saturated carbocycles. The molecule has 5 nitrogen and oxygen atoms in total. The van der Waals surface area contributed by atoms with E-state index in [1.165, 1.54) is 7.11 Å². The van der Waals surface area contributed by atoms with E-state index in [1.54, 1.807) is 12.3 Å². The van der Waals surface area contributed by atoms with Gasteiger partial charge in [0.05, 0.1) is 7.11 Å². The summed E-state index contributed by atoms with van der Waals surface area (Å²) in [6.45, 7) is -0.250. The van der Waals surface area contributed by atoms with Crippen molar-refractivity contribution in [3.05, 3.63) is 16.9 Å². The molecule has 2 N–H and O–H groups in total. The van der Waals surface area contributed by atoms with Gasteiger partial charge in [0.25, 0.3) is 6.47 Å². The van der Waals surface area contributed by atoms with Crippen LogP contribution in [0.1, 0.15) is 0 Å². The van der Waals surface area contributed by atoms with Crippen molar-refractivity contribution in [2.24, 2.45) is 0 Å². The van der Waals surface area contributed by atoms with Crippen LogP contribution in [0, 0.1) is 0 Å². The van der Waals surface area contributed by atoms with E-state index in [9.17, 15) is 0 Å². The number of hydrogen-bond acceptors (Lipinski definition) is 4. The fraction of sp³-hybridized carbons (Fsp3) is 0.143. The lowest BCUT2D eigenvalue weighted by atomic mass is 10.4. The lowest BCUT2D eigenvalue weighted by molar-refractivity contribution is -0.122. The van der Waals surface area contributed by atoms with Crippen LogP contribution in [0.3, 0.4) is 0 Å². The summed E-state index contributed by atoms with van der Waals surface area (Å²) in [4.78, 5) is 12.1. The number of methoxy groups -OCH3 is 1. The van der Waals surface area contributed by atoms with Crippen LogP contribution in [-0.4, -0.2) is 28.8 Å². The molecule has 0 fully saturated rings. The third-order valence-corrected chi connectivity index (χ3v) is 1.64. The molecule has 0 spiro atoms. The van der Waals surface area contributed by atoms with Crippen molar-refractivity contribution in [3.63, 3.8) is 0 Å². The van der Waals surface area contributed by atoms with E-state index in [0.717, 1.165) is 0 Å². The Kier molecular flexibility index (Phi) is 5.62. The number of carboxylic acid groups (broad SMARTS) is 1. The SMILES string of the molecule is COc1ccnc(Br)c1O.O=CO. The highest BCUT2D eigenvalue weighted by atomic mass is 79.9. The van der Waals surface area contributed by atoms with Crippen molar-refractivity contribution >= 4 is 22.4 Å². The van der Waals surface area contributed by atoms with E-state index in [1.807, 2.05) is 0 Å². The van der Waals surface area contributed by atoms with E-state index >= 15 is 0 Å². The second-order valence-corrected chi connectivity index (χ2v) is 2.51. The minimum atomic E-state index is -0.250.